The first-order chi connectivity index (χ1) is 15.5. The van der Waals surface area contributed by atoms with Crippen molar-refractivity contribution in [3.8, 4) is 0 Å². The van der Waals surface area contributed by atoms with Gasteiger partial charge in [0.2, 0.25) is 11.8 Å². The number of fused-ring (bicyclic) bond motifs is 1. The summed E-state index contributed by atoms with van der Waals surface area (Å²) in [6.07, 6.45) is 4.72. The Kier molecular flexibility index (Phi) is 6.73. The zero-order chi connectivity index (χ0) is 22.5. The predicted octanol–water partition coefficient (Wildman–Crippen LogP) is 3.46. The number of nitrogens with zero attached hydrogens (tertiary/aromatic N) is 1. The van der Waals surface area contributed by atoms with Crippen molar-refractivity contribution in [3.05, 3.63) is 60.2 Å². The Morgan fingerprint density at radius 3 is 2.56 bits per heavy atom. The third kappa shape index (κ3) is 5.10. The van der Waals surface area contributed by atoms with Gasteiger partial charge in [-0.1, -0.05) is 62.2 Å². The van der Waals surface area contributed by atoms with Gasteiger partial charge < -0.3 is 16.0 Å². The smallest absolute Gasteiger partial charge is 0.323 e. The SMILES string of the molecule is C[C@H]1CCCC[C@@H]1NC(=O)[C@H](Cc1ccccc1)NC(=O)N1CC(=O)Nc2ccccc21. The number of anilines is 2. The molecule has 1 aliphatic carbocycles. The number of rotatable bonds is 5. The number of amides is 4. The van der Waals surface area contributed by atoms with Crippen LogP contribution in [0.2, 0.25) is 0 Å². The largest absolute Gasteiger partial charge is 0.351 e. The first-order valence-electron chi connectivity index (χ1n) is 11.3. The normalized spacial score (nSPS) is 21.2. The van der Waals surface area contributed by atoms with E-state index in [0.717, 1.165) is 24.8 Å². The van der Waals surface area contributed by atoms with E-state index >= 15 is 0 Å². The fourth-order valence-electron chi connectivity index (χ4n) is 4.51. The molecule has 4 amide bonds. The fourth-order valence-corrected chi connectivity index (χ4v) is 4.51. The molecule has 32 heavy (non-hydrogen) atoms. The van der Waals surface area contributed by atoms with E-state index in [-0.39, 0.29) is 24.4 Å². The summed E-state index contributed by atoms with van der Waals surface area (Å²) in [6, 6.07) is 15.7. The van der Waals surface area contributed by atoms with E-state index in [0.29, 0.717) is 23.7 Å². The molecule has 3 N–H and O–H groups in total. The van der Waals surface area contributed by atoms with E-state index in [4.69, 9.17) is 0 Å². The molecule has 1 fully saturated rings. The van der Waals surface area contributed by atoms with E-state index < -0.39 is 12.1 Å². The summed E-state index contributed by atoms with van der Waals surface area (Å²) in [7, 11) is 0. The summed E-state index contributed by atoms with van der Waals surface area (Å²) in [5.41, 5.74) is 2.16. The number of para-hydroxylation sites is 2. The second-order valence-electron chi connectivity index (χ2n) is 8.72. The van der Waals surface area contributed by atoms with Gasteiger partial charge in [-0.15, -0.1) is 0 Å². The number of hydrogen-bond acceptors (Lipinski definition) is 3. The topological polar surface area (TPSA) is 90.5 Å². The van der Waals surface area contributed by atoms with Gasteiger partial charge in [-0.05, 0) is 36.5 Å². The maximum absolute atomic E-state index is 13.3. The van der Waals surface area contributed by atoms with Crippen molar-refractivity contribution in [3.63, 3.8) is 0 Å². The minimum Gasteiger partial charge on any atom is -0.351 e. The van der Waals surface area contributed by atoms with E-state index in [1.165, 1.54) is 11.3 Å². The Labute approximate surface area is 188 Å². The van der Waals surface area contributed by atoms with Gasteiger partial charge in [0, 0.05) is 12.5 Å². The van der Waals surface area contributed by atoms with Crippen molar-refractivity contribution < 1.29 is 14.4 Å². The van der Waals surface area contributed by atoms with Crippen LogP contribution in [0.1, 0.15) is 38.2 Å². The van der Waals surface area contributed by atoms with E-state index in [1.807, 2.05) is 36.4 Å². The van der Waals surface area contributed by atoms with Crippen LogP contribution in [0, 0.1) is 5.92 Å². The number of urea groups is 1. The third-order valence-corrected chi connectivity index (χ3v) is 6.35. The van der Waals surface area contributed by atoms with Crippen molar-refractivity contribution in [2.24, 2.45) is 5.92 Å². The Morgan fingerprint density at radius 2 is 1.78 bits per heavy atom. The molecule has 0 unspecified atom stereocenters. The van der Waals surface area contributed by atoms with Crippen LogP contribution in [0.25, 0.3) is 0 Å². The van der Waals surface area contributed by atoms with Crippen LogP contribution in [0.5, 0.6) is 0 Å². The molecule has 1 aliphatic heterocycles. The molecule has 4 rings (SSSR count). The molecular weight excluding hydrogens is 404 g/mol. The molecule has 2 aliphatic rings. The summed E-state index contributed by atoms with van der Waals surface area (Å²) in [4.78, 5) is 40.0. The molecular formula is C25H30N4O3. The molecule has 2 aromatic rings. The Morgan fingerprint density at radius 1 is 1.06 bits per heavy atom. The molecule has 0 radical (unpaired) electrons. The van der Waals surface area contributed by atoms with Crippen LogP contribution in [0.3, 0.4) is 0 Å². The zero-order valence-corrected chi connectivity index (χ0v) is 18.3. The molecule has 1 saturated carbocycles. The van der Waals surface area contributed by atoms with Crippen molar-refractivity contribution in [1.82, 2.24) is 10.6 Å². The molecule has 7 nitrogen and oxygen atoms in total. The molecule has 0 saturated heterocycles. The number of nitrogens with one attached hydrogen (secondary N) is 3. The van der Waals surface area contributed by atoms with Crippen molar-refractivity contribution >= 4 is 29.2 Å². The number of carbonyl (C=O) groups excluding carboxylic acids is 3. The zero-order valence-electron chi connectivity index (χ0n) is 18.3. The maximum atomic E-state index is 13.3. The Bertz CT molecular complexity index is 978. The molecule has 1 heterocycles. The monoisotopic (exact) mass is 434 g/mol. The lowest BCUT2D eigenvalue weighted by Gasteiger charge is -2.33. The molecule has 0 spiro atoms. The molecule has 2 aromatic carbocycles. The number of benzene rings is 2. The third-order valence-electron chi connectivity index (χ3n) is 6.35. The summed E-state index contributed by atoms with van der Waals surface area (Å²) >= 11 is 0. The lowest BCUT2D eigenvalue weighted by molar-refractivity contribution is -0.124. The molecule has 0 aromatic heterocycles. The van der Waals surface area contributed by atoms with Gasteiger partial charge in [-0.3, -0.25) is 14.5 Å². The minimum atomic E-state index is -0.740. The van der Waals surface area contributed by atoms with Gasteiger partial charge in [0.25, 0.3) is 0 Å². The van der Waals surface area contributed by atoms with E-state index in [2.05, 4.69) is 22.9 Å². The molecule has 7 heteroatoms. The lowest BCUT2D eigenvalue weighted by Crippen LogP contribution is -2.56. The van der Waals surface area contributed by atoms with Crippen LogP contribution >= 0.6 is 0 Å². The second kappa shape index (κ2) is 9.85. The van der Waals surface area contributed by atoms with Crippen molar-refractivity contribution in [1.29, 1.82) is 0 Å². The highest BCUT2D eigenvalue weighted by atomic mass is 16.2. The first kappa shape index (κ1) is 21.9. The average Bonchev–Trinajstić information content (AvgIpc) is 2.80. The van der Waals surface area contributed by atoms with Gasteiger partial charge in [0.1, 0.15) is 12.6 Å². The average molecular weight is 435 g/mol. The summed E-state index contributed by atoms with van der Waals surface area (Å²) in [5, 5.41) is 8.85. The number of carbonyl (C=O) groups is 3. The highest BCUT2D eigenvalue weighted by Crippen LogP contribution is 2.29. The molecule has 3 atom stereocenters. The van der Waals surface area contributed by atoms with Gasteiger partial charge in [-0.2, -0.15) is 0 Å². The van der Waals surface area contributed by atoms with Gasteiger partial charge in [0.05, 0.1) is 11.4 Å². The quantitative estimate of drug-likeness (QED) is 0.673. The Balaban J connectivity index is 1.52. The molecule has 168 valence electrons. The maximum Gasteiger partial charge on any atom is 0.323 e. The fraction of sp³-hybridized carbons (Fsp3) is 0.400. The van der Waals surface area contributed by atoms with Crippen LogP contribution in [0.4, 0.5) is 16.2 Å². The van der Waals surface area contributed by atoms with Crippen LogP contribution in [-0.2, 0) is 16.0 Å². The second-order valence-corrected chi connectivity index (χ2v) is 8.72. The standard InChI is InChI=1S/C25H30N4O3/c1-17-9-5-6-12-19(17)27-24(31)21(15-18-10-3-2-4-11-18)28-25(32)29-16-23(30)26-20-13-7-8-14-22(20)29/h2-4,7-8,10-11,13-14,17,19,21H,5-6,9,12,15-16H2,1H3,(H,26,30)(H,27,31)(H,28,32)/t17-,19-,21-/m0/s1. The predicted molar refractivity (Wildman–Crippen MR) is 124 cm³/mol. The summed E-state index contributed by atoms with van der Waals surface area (Å²) < 4.78 is 0. The summed E-state index contributed by atoms with van der Waals surface area (Å²) in [5.74, 6) is -0.0342. The van der Waals surface area contributed by atoms with Gasteiger partial charge in [0.15, 0.2) is 0 Å². The Hall–Kier alpha value is -3.35. The van der Waals surface area contributed by atoms with Crippen LogP contribution < -0.4 is 20.9 Å². The number of hydrogen-bond donors (Lipinski definition) is 3. The highest BCUT2D eigenvalue weighted by molar-refractivity contribution is 6.10. The first-order valence-corrected chi connectivity index (χ1v) is 11.3. The van der Waals surface area contributed by atoms with Gasteiger partial charge >= 0.3 is 6.03 Å². The molecule has 0 bridgehead atoms. The van der Waals surface area contributed by atoms with Crippen LogP contribution in [0.15, 0.2) is 54.6 Å². The van der Waals surface area contributed by atoms with E-state index in [1.54, 1.807) is 18.2 Å². The minimum absolute atomic E-state index is 0.0951. The van der Waals surface area contributed by atoms with Crippen LogP contribution in [-0.4, -0.2) is 36.5 Å². The van der Waals surface area contributed by atoms with E-state index in [9.17, 15) is 14.4 Å². The lowest BCUT2D eigenvalue weighted by atomic mass is 9.85. The van der Waals surface area contributed by atoms with Crippen molar-refractivity contribution in [2.75, 3.05) is 16.8 Å². The highest BCUT2D eigenvalue weighted by Gasteiger charge is 2.31. The van der Waals surface area contributed by atoms with Gasteiger partial charge in [-0.25, -0.2) is 4.79 Å². The summed E-state index contributed by atoms with van der Waals surface area (Å²) in [6.45, 7) is 2.07. The van der Waals surface area contributed by atoms with Crippen molar-refractivity contribution in [2.45, 2.75) is 51.1 Å².